The lowest BCUT2D eigenvalue weighted by Gasteiger charge is -2.11. The second-order valence-corrected chi connectivity index (χ2v) is 5.86. The van der Waals surface area contributed by atoms with Crippen molar-refractivity contribution in [3.8, 4) is 11.5 Å². The highest BCUT2D eigenvalue weighted by atomic mass is 32.1. The van der Waals surface area contributed by atoms with Crippen LogP contribution in [0.15, 0.2) is 35.0 Å². The van der Waals surface area contributed by atoms with Crippen LogP contribution in [-0.2, 0) is 11.2 Å². The zero-order chi connectivity index (χ0) is 16.7. The Kier molecular flexibility index (Phi) is 6.43. The second kappa shape index (κ2) is 8.55. The fraction of sp³-hybridized carbons (Fsp3) is 0.353. The summed E-state index contributed by atoms with van der Waals surface area (Å²) in [4.78, 5) is 12.0. The monoisotopic (exact) mass is 335 g/mol. The van der Waals surface area contributed by atoms with Crippen molar-refractivity contribution >= 4 is 17.2 Å². The minimum Gasteiger partial charge on any atom is -0.493 e. The van der Waals surface area contributed by atoms with Gasteiger partial charge in [0, 0.05) is 6.54 Å². The van der Waals surface area contributed by atoms with E-state index in [0.29, 0.717) is 24.5 Å². The molecule has 1 atom stereocenters. The molecule has 1 amide bonds. The molecule has 0 aliphatic heterocycles. The van der Waals surface area contributed by atoms with Crippen molar-refractivity contribution < 1.29 is 19.4 Å². The van der Waals surface area contributed by atoms with Crippen LogP contribution in [0.5, 0.6) is 11.5 Å². The smallest absolute Gasteiger partial charge is 0.224 e. The van der Waals surface area contributed by atoms with Crippen LogP contribution in [0.25, 0.3) is 0 Å². The van der Waals surface area contributed by atoms with Crippen molar-refractivity contribution in [1.29, 1.82) is 0 Å². The van der Waals surface area contributed by atoms with Crippen LogP contribution in [0.4, 0.5) is 0 Å². The molecular formula is C17H21NO4S. The van der Waals surface area contributed by atoms with Crippen LogP contribution in [0, 0.1) is 0 Å². The van der Waals surface area contributed by atoms with E-state index in [0.717, 1.165) is 11.1 Å². The molecule has 0 aliphatic rings. The third-order valence-electron chi connectivity index (χ3n) is 3.48. The van der Waals surface area contributed by atoms with Crippen LogP contribution in [0.2, 0.25) is 0 Å². The van der Waals surface area contributed by atoms with Gasteiger partial charge >= 0.3 is 0 Å². The van der Waals surface area contributed by atoms with E-state index in [1.807, 2.05) is 22.9 Å². The van der Waals surface area contributed by atoms with Crippen LogP contribution in [-0.4, -0.2) is 31.8 Å². The maximum Gasteiger partial charge on any atom is 0.224 e. The minimum atomic E-state index is -0.539. The largest absolute Gasteiger partial charge is 0.493 e. The Morgan fingerprint density at radius 2 is 2.04 bits per heavy atom. The molecule has 2 aromatic rings. The summed E-state index contributed by atoms with van der Waals surface area (Å²) >= 11 is 1.55. The molecule has 124 valence electrons. The van der Waals surface area contributed by atoms with Gasteiger partial charge in [-0.25, -0.2) is 0 Å². The molecule has 0 saturated carbocycles. The van der Waals surface area contributed by atoms with Crippen molar-refractivity contribution in [3.63, 3.8) is 0 Å². The summed E-state index contributed by atoms with van der Waals surface area (Å²) in [5, 5.41) is 16.6. The van der Waals surface area contributed by atoms with Gasteiger partial charge in [0.15, 0.2) is 11.5 Å². The number of aliphatic hydroxyl groups excluding tert-OH is 1. The standard InChI is InChI=1S/C17H21NO4S/c1-21-15-4-3-12(9-16(15)22-2)10-17(20)18-7-5-14(19)13-6-8-23-11-13/h3-4,6,8-9,11,14,19H,5,7,10H2,1-2H3,(H,18,20)/t14-/m0/s1. The zero-order valence-electron chi connectivity index (χ0n) is 13.2. The van der Waals surface area contributed by atoms with Gasteiger partial charge in [0.2, 0.25) is 5.91 Å². The Morgan fingerprint density at radius 1 is 1.26 bits per heavy atom. The van der Waals surface area contributed by atoms with E-state index in [4.69, 9.17) is 9.47 Å². The minimum absolute atomic E-state index is 0.0882. The third-order valence-corrected chi connectivity index (χ3v) is 4.18. The fourth-order valence-electron chi connectivity index (χ4n) is 2.22. The highest BCUT2D eigenvalue weighted by molar-refractivity contribution is 7.07. The van der Waals surface area contributed by atoms with Crippen molar-refractivity contribution in [2.45, 2.75) is 18.9 Å². The molecule has 23 heavy (non-hydrogen) atoms. The van der Waals surface area contributed by atoms with Crippen molar-refractivity contribution in [1.82, 2.24) is 5.32 Å². The summed E-state index contributed by atoms with van der Waals surface area (Å²) in [5.74, 6) is 1.15. The quantitative estimate of drug-likeness (QED) is 0.778. The number of ether oxygens (including phenoxy) is 2. The number of rotatable bonds is 8. The topological polar surface area (TPSA) is 67.8 Å². The van der Waals surface area contributed by atoms with Crippen LogP contribution in [0.3, 0.4) is 0 Å². The Morgan fingerprint density at radius 3 is 2.70 bits per heavy atom. The summed E-state index contributed by atoms with van der Waals surface area (Å²) in [5.41, 5.74) is 1.74. The Balaban J connectivity index is 1.80. The van der Waals surface area contributed by atoms with E-state index in [9.17, 15) is 9.90 Å². The Bertz CT molecular complexity index is 628. The highest BCUT2D eigenvalue weighted by Gasteiger charge is 2.10. The van der Waals surface area contributed by atoms with E-state index in [2.05, 4.69) is 5.32 Å². The molecule has 0 aliphatic carbocycles. The third kappa shape index (κ3) is 4.97. The van der Waals surface area contributed by atoms with Crippen molar-refractivity contribution in [2.24, 2.45) is 0 Å². The lowest BCUT2D eigenvalue weighted by Crippen LogP contribution is -2.27. The van der Waals surface area contributed by atoms with Crippen molar-refractivity contribution in [2.75, 3.05) is 20.8 Å². The first-order valence-corrected chi connectivity index (χ1v) is 8.26. The zero-order valence-corrected chi connectivity index (χ0v) is 14.1. The van der Waals surface area contributed by atoms with Crippen LogP contribution in [0.1, 0.15) is 23.7 Å². The summed E-state index contributed by atoms with van der Waals surface area (Å²) in [6.45, 7) is 0.434. The first kappa shape index (κ1) is 17.3. The molecular weight excluding hydrogens is 314 g/mol. The second-order valence-electron chi connectivity index (χ2n) is 5.08. The van der Waals surface area contributed by atoms with E-state index in [1.54, 1.807) is 37.7 Å². The number of benzene rings is 1. The molecule has 1 aromatic heterocycles. The van der Waals surface area contributed by atoms with Gasteiger partial charge < -0.3 is 19.9 Å². The number of amides is 1. The average Bonchev–Trinajstić information content (AvgIpc) is 3.09. The molecule has 1 heterocycles. The first-order chi connectivity index (χ1) is 11.1. The van der Waals surface area contributed by atoms with Gasteiger partial charge in [0.1, 0.15) is 0 Å². The number of carbonyl (C=O) groups excluding carboxylic acids is 1. The molecule has 6 heteroatoms. The SMILES string of the molecule is COc1ccc(CC(=O)NCC[C@H](O)c2ccsc2)cc1OC. The highest BCUT2D eigenvalue weighted by Crippen LogP contribution is 2.27. The number of thiophene rings is 1. The molecule has 0 radical (unpaired) electrons. The number of hydrogen-bond acceptors (Lipinski definition) is 5. The van der Waals surface area contributed by atoms with E-state index < -0.39 is 6.10 Å². The summed E-state index contributed by atoms with van der Waals surface area (Å²) in [7, 11) is 3.14. The number of hydrogen-bond donors (Lipinski definition) is 2. The molecule has 0 unspecified atom stereocenters. The number of nitrogens with one attached hydrogen (secondary N) is 1. The lowest BCUT2D eigenvalue weighted by molar-refractivity contribution is -0.120. The molecule has 2 N–H and O–H groups in total. The van der Waals surface area contributed by atoms with Gasteiger partial charge in [-0.15, -0.1) is 0 Å². The molecule has 0 spiro atoms. The molecule has 2 rings (SSSR count). The van der Waals surface area contributed by atoms with E-state index >= 15 is 0 Å². The molecule has 0 bridgehead atoms. The average molecular weight is 335 g/mol. The molecule has 0 saturated heterocycles. The van der Waals surface area contributed by atoms with Crippen LogP contribution < -0.4 is 14.8 Å². The summed E-state index contributed by atoms with van der Waals surface area (Å²) in [6.07, 6.45) is 0.214. The van der Waals surface area contributed by atoms with Crippen molar-refractivity contribution in [3.05, 3.63) is 46.2 Å². The molecule has 0 fully saturated rings. The maximum absolute atomic E-state index is 12.0. The predicted molar refractivity (Wildman–Crippen MR) is 90.2 cm³/mol. The summed E-state index contributed by atoms with van der Waals surface area (Å²) in [6, 6.07) is 7.29. The maximum atomic E-state index is 12.0. The van der Waals surface area contributed by atoms with E-state index in [1.165, 1.54) is 0 Å². The summed E-state index contributed by atoms with van der Waals surface area (Å²) < 4.78 is 10.4. The van der Waals surface area contributed by atoms with Gasteiger partial charge in [0.05, 0.1) is 26.7 Å². The molecule has 5 nitrogen and oxygen atoms in total. The van der Waals surface area contributed by atoms with Gasteiger partial charge in [0.25, 0.3) is 0 Å². The van der Waals surface area contributed by atoms with Gasteiger partial charge in [-0.1, -0.05) is 6.07 Å². The predicted octanol–water partition coefficient (Wildman–Crippen LogP) is 2.55. The van der Waals surface area contributed by atoms with Gasteiger partial charge in [-0.2, -0.15) is 11.3 Å². The Labute approximate surface area is 139 Å². The number of methoxy groups -OCH3 is 2. The van der Waals surface area contributed by atoms with Gasteiger partial charge in [-0.3, -0.25) is 4.79 Å². The molecule has 1 aromatic carbocycles. The van der Waals surface area contributed by atoms with Crippen LogP contribution >= 0.6 is 11.3 Å². The lowest BCUT2D eigenvalue weighted by atomic mass is 10.1. The normalized spacial score (nSPS) is 11.8. The number of aliphatic hydroxyl groups is 1. The first-order valence-electron chi connectivity index (χ1n) is 7.31. The van der Waals surface area contributed by atoms with Gasteiger partial charge in [-0.05, 0) is 46.5 Å². The Hall–Kier alpha value is -2.05. The fourth-order valence-corrected chi connectivity index (χ4v) is 2.93. The van der Waals surface area contributed by atoms with E-state index in [-0.39, 0.29) is 12.3 Å². The number of carbonyl (C=O) groups is 1.